The molecule has 1 aromatic rings. The molecule has 1 atom stereocenters. The van der Waals surface area contributed by atoms with Gasteiger partial charge in [0, 0.05) is 0 Å². The summed E-state index contributed by atoms with van der Waals surface area (Å²) in [4.78, 5) is 22.9. The van der Waals surface area contributed by atoms with Crippen molar-refractivity contribution in [3.8, 4) is 5.75 Å². The molecule has 1 unspecified atom stereocenters. The first-order valence-corrected chi connectivity index (χ1v) is 6.64. The maximum Gasteiger partial charge on any atom is 0.316 e. The van der Waals surface area contributed by atoms with Crippen molar-refractivity contribution in [1.29, 1.82) is 0 Å². The van der Waals surface area contributed by atoms with Crippen LogP contribution in [0.1, 0.15) is 13.8 Å². The van der Waals surface area contributed by atoms with Gasteiger partial charge in [0.25, 0.3) is 0 Å². The molecule has 0 fully saturated rings. The van der Waals surface area contributed by atoms with E-state index in [0.29, 0.717) is 0 Å². The second-order valence-corrected chi connectivity index (χ2v) is 5.29. The second kappa shape index (κ2) is 6.69. The fourth-order valence-corrected chi connectivity index (χ4v) is 2.20. The Bertz CT molecular complexity index is 533. The molecule has 0 aliphatic heterocycles. The summed E-state index contributed by atoms with van der Waals surface area (Å²) in [5.74, 6) is -4.09. The molecular weight excluding hydrogens is 333 g/mol. The zero-order valence-electron chi connectivity index (χ0n) is 11.2. The normalized spacial score (nSPS) is 12.1. The molecular formula is C13H15BrFNO4. The van der Waals surface area contributed by atoms with Crippen molar-refractivity contribution < 1.29 is 23.8 Å². The van der Waals surface area contributed by atoms with Gasteiger partial charge in [0.2, 0.25) is 5.91 Å². The molecule has 0 aliphatic carbocycles. The third-order valence-corrected chi connectivity index (χ3v) is 3.48. The molecule has 2 N–H and O–H groups in total. The molecule has 0 aromatic heterocycles. The summed E-state index contributed by atoms with van der Waals surface area (Å²) in [6.07, 6.45) is 0. The number of benzene rings is 1. The number of nitrogens with one attached hydrogen (secondary N) is 1. The van der Waals surface area contributed by atoms with Gasteiger partial charge in [0.05, 0.1) is 17.3 Å². The van der Waals surface area contributed by atoms with Gasteiger partial charge in [-0.3, -0.25) is 9.59 Å². The zero-order chi connectivity index (χ0) is 15.4. The lowest BCUT2D eigenvalue weighted by Gasteiger charge is -2.17. The Hall–Kier alpha value is -1.63. The van der Waals surface area contributed by atoms with Crippen molar-refractivity contribution in [3.63, 3.8) is 0 Å². The number of carboxylic acids is 1. The topological polar surface area (TPSA) is 75.6 Å². The largest absolute Gasteiger partial charge is 0.495 e. The number of halogens is 2. The second-order valence-electron chi connectivity index (χ2n) is 4.49. The maximum atomic E-state index is 14.0. The highest BCUT2D eigenvalue weighted by atomic mass is 79.9. The number of ether oxygens (including phenoxy) is 1. The van der Waals surface area contributed by atoms with Crippen molar-refractivity contribution in [2.24, 2.45) is 11.8 Å². The number of carbonyl (C=O) groups excluding carboxylic acids is 1. The Balaban J connectivity index is 3.02. The number of methoxy groups -OCH3 is 1. The van der Waals surface area contributed by atoms with Crippen LogP contribution in [0.4, 0.5) is 10.1 Å². The summed E-state index contributed by atoms with van der Waals surface area (Å²) in [6, 6.07) is 2.78. The molecule has 20 heavy (non-hydrogen) atoms. The third kappa shape index (κ3) is 3.47. The summed E-state index contributed by atoms with van der Waals surface area (Å²) >= 11 is 3.01. The van der Waals surface area contributed by atoms with Gasteiger partial charge < -0.3 is 15.2 Å². The Morgan fingerprint density at radius 2 is 2.00 bits per heavy atom. The molecule has 1 rings (SSSR count). The minimum atomic E-state index is -1.24. The summed E-state index contributed by atoms with van der Waals surface area (Å²) in [7, 11) is 1.39. The number of aliphatic carboxylic acids is 1. The van der Waals surface area contributed by atoms with Gasteiger partial charge in [-0.15, -0.1) is 0 Å². The maximum absolute atomic E-state index is 14.0. The molecule has 0 aliphatic rings. The van der Waals surface area contributed by atoms with Crippen LogP contribution in [-0.4, -0.2) is 24.1 Å². The van der Waals surface area contributed by atoms with Gasteiger partial charge in [-0.25, -0.2) is 4.39 Å². The van der Waals surface area contributed by atoms with Crippen LogP contribution in [0.2, 0.25) is 0 Å². The van der Waals surface area contributed by atoms with Crippen LogP contribution in [0.15, 0.2) is 16.6 Å². The summed E-state index contributed by atoms with van der Waals surface area (Å²) in [5, 5.41) is 11.3. The van der Waals surface area contributed by atoms with Crippen LogP contribution >= 0.6 is 15.9 Å². The number of hydrogen-bond donors (Lipinski definition) is 2. The fourth-order valence-electron chi connectivity index (χ4n) is 1.70. The molecule has 5 nitrogen and oxygen atoms in total. The predicted octanol–water partition coefficient (Wildman–Crippen LogP) is 2.89. The molecule has 0 saturated heterocycles. The van der Waals surface area contributed by atoms with Gasteiger partial charge in [0.1, 0.15) is 11.7 Å². The first-order chi connectivity index (χ1) is 9.29. The molecule has 1 amide bonds. The van der Waals surface area contributed by atoms with E-state index >= 15 is 0 Å². The molecule has 0 bridgehead atoms. The molecule has 0 radical (unpaired) electrons. The van der Waals surface area contributed by atoms with Crippen molar-refractivity contribution in [2.75, 3.05) is 12.4 Å². The number of carboxylic acid groups (broad SMARTS) is 1. The Labute approximate surface area is 124 Å². The lowest BCUT2D eigenvalue weighted by molar-refractivity contribution is -0.147. The minimum Gasteiger partial charge on any atom is -0.495 e. The first kappa shape index (κ1) is 16.4. The summed E-state index contributed by atoms with van der Waals surface area (Å²) in [5.41, 5.74) is -0.102. The van der Waals surface area contributed by atoms with Gasteiger partial charge in [-0.2, -0.15) is 0 Å². The van der Waals surface area contributed by atoms with Gasteiger partial charge in [-0.1, -0.05) is 13.8 Å². The minimum absolute atomic E-state index is 0.0641. The van der Waals surface area contributed by atoms with Gasteiger partial charge >= 0.3 is 5.97 Å². The first-order valence-electron chi connectivity index (χ1n) is 5.85. The lowest BCUT2D eigenvalue weighted by atomic mass is 9.95. The SMILES string of the molecule is COc1ccc(NC(=O)C(C(=O)O)C(C)C)c(F)c1Br. The van der Waals surface area contributed by atoms with Crippen molar-refractivity contribution >= 4 is 33.5 Å². The highest BCUT2D eigenvalue weighted by molar-refractivity contribution is 9.10. The molecule has 0 spiro atoms. The fraction of sp³-hybridized carbons (Fsp3) is 0.385. The van der Waals surface area contributed by atoms with E-state index < -0.39 is 29.5 Å². The van der Waals surface area contributed by atoms with Crippen molar-refractivity contribution in [2.45, 2.75) is 13.8 Å². The molecule has 110 valence electrons. The van der Waals surface area contributed by atoms with Gasteiger partial charge in [-0.05, 0) is 34.0 Å². The van der Waals surface area contributed by atoms with E-state index in [1.165, 1.54) is 19.2 Å². The average Bonchev–Trinajstić information content (AvgIpc) is 2.34. The number of rotatable bonds is 5. The van der Waals surface area contributed by atoms with Crippen LogP contribution in [0.5, 0.6) is 5.75 Å². The summed E-state index contributed by atoms with van der Waals surface area (Å²) in [6.45, 7) is 3.22. The summed E-state index contributed by atoms with van der Waals surface area (Å²) < 4.78 is 19.0. The smallest absolute Gasteiger partial charge is 0.316 e. The van der Waals surface area contributed by atoms with E-state index in [0.717, 1.165) is 0 Å². The zero-order valence-corrected chi connectivity index (χ0v) is 12.8. The average molecular weight is 348 g/mol. The number of anilines is 1. The highest BCUT2D eigenvalue weighted by Crippen LogP contribution is 2.32. The third-order valence-electron chi connectivity index (χ3n) is 2.74. The van der Waals surface area contributed by atoms with Crippen LogP contribution < -0.4 is 10.1 Å². The van der Waals surface area contributed by atoms with Crippen molar-refractivity contribution in [1.82, 2.24) is 0 Å². The quantitative estimate of drug-likeness (QED) is 0.803. The standard InChI is InChI=1S/C13H15BrFNO4/c1-6(2)9(13(18)19)12(17)16-7-4-5-8(20-3)10(14)11(7)15/h4-6,9H,1-3H3,(H,16,17)(H,18,19). The van der Waals surface area contributed by atoms with E-state index in [1.807, 2.05) is 0 Å². The Kier molecular flexibility index (Phi) is 5.50. The van der Waals surface area contributed by atoms with E-state index in [2.05, 4.69) is 21.2 Å². The van der Waals surface area contributed by atoms with Crippen molar-refractivity contribution in [3.05, 3.63) is 22.4 Å². The number of amides is 1. The van der Waals surface area contributed by atoms with Crippen LogP contribution in [0, 0.1) is 17.7 Å². The number of carbonyl (C=O) groups is 2. The predicted molar refractivity (Wildman–Crippen MR) is 75.2 cm³/mol. The van der Waals surface area contributed by atoms with E-state index in [4.69, 9.17) is 9.84 Å². The monoisotopic (exact) mass is 347 g/mol. The van der Waals surface area contributed by atoms with Crippen LogP contribution in [0.25, 0.3) is 0 Å². The molecule has 0 heterocycles. The molecule has 7 heteroatoms. The molecule has 0 saturated carbocycles. The van der Waals surface area contributed by atoms with Gasteiger partial charge in [0.15, 0.2) is 5.82 Å². The molecule has 1 aromatic carbocycles. The highest BCUT2D eigenvalue weighted by Gasteiger charge is 2.30. The lowest BCUT2D eigenvalue weighted by Crippen LogP contribution is -2.33. The van der Waals surface area contributed by atoms with Crippen LogP contribution in [0.3, 0.4) is 0 Å². The Morgan fingerprint density at radius 3 is 2.45 bits per heavy atom. The van der Waals surface area contributed by atoms with Crippen LogP contribution in [-0.2, 0) is 9.59 Å². The Morgan fingerprint density at radius 1 is 1.40 bits per heavy atom. The van der Waals surface area contributed by atoms with E-state index in [1.54, 1.807) is 13.8 Å². The number of hydrogen-bond acceptors (Lipinski definition) is 3. The van der Waals surface area contributed by atoms with E-state index in [-0.39, 0.29) is 15.9 Å². The van der Waals surface area contributed by atoms with E-state index in [9.17, 15) is 14.0 Å².